The molecule has 0 unspecified atom stereocenters. The van der Waals surface area contributed by atoms with Crippen LogP contribution in [0.2, 0.25) is 0 Å². The largest absolute Gasteiger partial charge is 0.394 e. The van der Waals surface area contributed by atoms with E-state index >= 15 is 4.39 Å². The van der Waals surface area contributed by atoms with E-state index in [0.29, 0.717) is 38.4 Å². The summed E-state index contributed by atoms with van der Waals surface area (Å²) in [6.45, 7) is 5.64. The van der Waals surface area contributed by atoms with Crippen LogP contribution in [-0.4, -0.2) is 64.9 Å². The minimum atomic E-state index is -0.955. The first-order valence-corrected chi connectivity index (χ1v) is 14.1. The van der Waals surface area contributed by atoms with E-state index in [9.17, 15) is 19.8 Å². The molecule has 38 heavy (non-hydrogen) atoms. The number of urea groups is 1. The molecule has 1 aromatic carbocycles. The van der Waals surface area contributed by atoms with Gasteiger partial charge < -0.3 is 21.3 Å². The van der Waals surface area contributed by atoms with Gasteiger partial charge in [-0.1, -0.05) is 19.9 Å². The predicted octanol–water partition coefficient (Wildman–Crippen LogP) is 3.14. The highest BCUT2D eigenvalue weighted by Gasteiger charge is 2.60. The third kappa shape index (κ3) is 5.29. The van der Waals surface area contributed by atoms with E-state index in [4.69, 9.17) is 5.73 Å². The zero-order valence-electron chi connectivity index (χ0n) is 22.7. The summed E-state index contributed by atoms with van der Waals surface area (Å²) in [5.74, 6) is -0.366. The van der Waals surface area contributed by atoms with E-state index in [0.717, 1.165) is 24.8 Å². The fraction of sp³-hybridized carbons (Fsp3) is 0.724. The molecule has 3 amide bonds. The lowest BCUT2D eigenvalue weighted by Gasteiger charge is -2.65. The molecular weight excluding hydrogens is 487 g/mol. The molecule has 6 rings (SSSR count). The molecule has 4 bridgehead atoms. The maximum atomic E-state index is 15.6. The second kappa shape index (κ2) is 10.1. The second-order valence-electron chi connectivity index (χ2n) is 13.5. The summed E-state index contributed by atoms with van der Waals surface area (Å²) < 4.78 is 15.6. The van der Waals surface area contributed by atoms with Crippen molar-refractivity contribution in [2.75, 3.05) is 31.2 Å². The fourth-order valence-corrected chi connectivity index (χ4v) is 9.05. The molecule has 5 N–H and O–H groups in total. The molecular formula is C29H43FN4O4. The standard InChI is InChI=1S/C29H43FN4O4/c1-27-10-20-11-28(2,16-27)18-29(12-20,17-27)32-26(38)34(22(14-35)15-36)24-4-3-19(9-23(24)30)13-33-7-5-21(6-8-33)25(31)37/h3-4,9,20-22,35-36H,5-8,10-18H2,1-2H3,(H2,31,37)(H,32,38)/t20?,27-,28-,29?/m1/s1. The first-order chi connectivity index (χ1) is 18.0. The molecule has 1 heterocycles. The molecule has 9 heteroatoms. The molecule has 0 radical (unpaired) electrons. The highest BCUT2D eigenvalue weighted by molar-refractivity contribution is 5.93. The Balaban J connectivity index is 1.34. The summed E-state index contributed by atoms with van der Waals surface area (Å²) >= 11 is 0. The maximum absolute atomic E-state index is 15.6. The van der Waals surface area contributed by atoms with Crippen LogP contribution in [0.4, 0.5) is 14.9 Å². The monoisotopic (exact) mass is 530 g/mol. The summed E-state index contributed by atoms with van der Waals surface area (Å²) in [7, 11) is 0. The van der Waals surface area contributed by atoms with Crippen LogP contribution in [-0.2, 0) is 11.3 Å². The number of likely N-dealkylation sites (tertiary alicyclic amines) is 1. The second-order valence-corrected chi connectivity index (χ2v) is 13.5. The molecule has 0 aromatic heterocycles. The number of primary amides is 1. The molecule has 0 spiro atoms. The van der Waals surface area contributed by atoms with Crippen LogP contribution in [0, 0.1) is 28.5 Å². The number of benzene rings is 1. The summed E-state index contributed by atoms with van der Waals surface area (Å²) in [4.78, 5) is 28.6. The van der Waals surface area contributed by atoms with Gasteiger partial charge in [0.2, 0.25) is 5.91 Å². The van der Waals surface area contributed by atoms with Crippen LogP contribution in [0.5, 0.6) is 0 Å². The van der Waals surface area contributed by atoms with Crippen LogP contribution >= 0.6 is 0 Å². The normalized spacial score (nSPS) is 33.1. The third-order valence-electron chi connectivity index (χ3n) is 9.67. The highest BCUT2D eigenvalue weighted by atomic mass is 19.1. The Morgan fingerprint density at radius 2 is 1.74 bits per heavy atom. The number of amides is 3. The van der Waals surface area contributed by atoms with E-state index in [1.807, 2.05) is 0 Å². The van der Waals surface area contributed by atoms with Crippen molar-refractivity contribution in [3.63, 3.8) is 0 Å². The Hall–Kier alpha value is -2.23. The van der Waals surface area contributed by atoms with Crippen molar-refractivity contribution >= 4 is 17.6 Å². The highest BCUT2D eigenvalue weighted by Crippen LogP contribution is 2.66. The Morgan fingerprint density at radius 1 is 1.11 bits per heavy atom. The molecule has 1 aliphatic heterocycles. The predicted molar refractivity (Wildman–Crippen MR) is 143 cm³/mol. The van der Waals surface area contributed by atoms with Gasteiger partial charge in [0.1, 0.15) is 5.82 Å². The molecule has 8 nitrogen and oxygen atoms in total. The topological polar surface area (TPSA) is 119 Å². The average Bonchev–Trinajstić information content (AvgIpc) is 2.81. The van der Waals surface area contributed by atoms with Gasteiger partial charge in [-0.15, -0.1) is 0 Å². The maximum Gasteiger partial charge on any atom is 0.322 e. The number of carbonyl (C=O) groups is 2. The van der Waals surface area contributed by atoms with Crippen LogP contribution in [0.1, 0.15) is 70.8 Å². The van der Waals surface area contributed by atoms with Gasteiger partial charge in [0.05, 0.1) is 24.9 Å². The number of rotatable bonds is 8. The average molecular weight is 531 g/mol. The third-order valence-corrected chi connectivity index (χ3v) is 9.67. The number of halogens is 1. The number of nitrogens with zero attached hydrogens (tertiary/aromatic N) is 2. The molecule has 1 aromatic rings. The lowest BCUT2D eigenvalue weighted by atomic mass is 9.43. The first-order valence-electron chi connectivity index (χ1n) is 14.1. The van der Waals surface area contributed by atoms with Crippen molar-refractivity contribution in [3.05, 3.63) is 29.6 Å². The summed E-state index contributed by atoms with van der Waals surface area (Å²) in [6.07, 6.45) is 7.67. The van der Waals surface area contributed by atoms with Crippen LogP contribution in [0.15, 0.2) is 18.2 Å². The Morgan fingerprint density at radius 3 is 2.26 bits per heavy atom. The van der Waals surface area contributed by atoms with Crippen LogP contribution in [0.25, 0.3) is 0 Å². The number of aliphatic hydroxyl groups is 2. The van der Waals surface area contributed by atoms with E-state index in [2.05, 4.69) is 24.1 Å². The summed E-state index contributed by atoms with van der Waals surface area (Å²) in [6, 6.07) is 3.36. The van der Waals surface area contributed by atoms with Crippen molar-refractivity contribution in [3.8, 4) is 0 Å². The SMILES string of the molecule is C[C@]12CC3CC(NC(=O)N(c4ccc(CN5CCC(C(N)=O)CC5)cc4F)C(CO)CO)(C1)C[C@](C)(C3)C2. The molecule has 210 valence electrons. The minimum Gasteiger partial charge on any atom is -0.394 e. The van der Waals surface area contributed by atoms with E-state index in [-0.39, 0.29) is 33.9 Å². The van der Waals surface area contributed by atoms with Crippen molar-refractivity contribution in [1.29, 1.82) is 0 Å². The molecule has 5 aliphatic rings. The Bertz CT molecular complexity index is 1050. The molecule has 2 atom stereocenters. The zero-order chi connectivity index (χ0) is 27.3. The van der Waals surface area contributed by atoms with Crippen molar-refractivity contribution in [1.82, 2.24) is 10.2 Å². The van der Waals surface area contributed by atoms with E-state index < -0.39 is 31.1 Å². The smallest absolute Gasteiger partial charge is 0.322 e. The van der Waals surface area contributed by atoms with Gasteiger partial charge in [-0.3, -0.25) is 14.6 Å². The number of hydrogen-bond acceptors (Lipinski definition) is 5. The molecule has 4 saturated carbocycles. The van der Waals surface area contributed by atoms with E-state index in [1.165, 1.54) is 30.2 Å². The number of piperidine rings is 1. The van der Waals surface area contributed by atoms with Crippen LogP contribution in [0.3, 0.4) is 0 Å². The van der Waals surface area contributed by atoms with Crippen LogP contribution < -0.4 is 16.0 Å². The number of nitrogens with one attached hydrogen (secondary N) is 1. The van der Waals surface area contributed by atoms with E-state index in [1.54, 1.807) is 12.1 Å². The zero-order valence-corrected chi connectivity index (χ0v) is 22.7. The Kier molecular flexibility index (Phi) is 7.24. The number of aliphatic hydroxyl groups excluding tert-OH is 2. The van der Waals surface area contributed by atoms with Crippen molar-refractivity contribution in [2.24, 2.45) is 28.4 Å². The first kappa shape index (κ1) is 27.3. The van der Waals surface area contributed by atoms with Gasteiger partial charge in [-0.2, -0.15) is 0 Å². The molecule has 4 aliphatic carbocycles. The number of nitrogens with two attached hydrogens (primary N) is 1. The molecule has 5 fully saturated rings. The fourth-order valence-electron chi connectivity index (χ4n) is 9.05. The van der Waals surface area contributed by atoms with Gasteiger partial charge in [0.25, 0.3) is 0 Å². The lowest BCUT2D eigenvalue weighted by molar-refractivity contribution is -0.123. The van der Waals surface area contributed by atoms with Gasteiger partial charge in [0.15, 0.2) is 0 Å². The summed E-state index contributed by atoms with van der Waals surface area (Å²) in [5.41, 5.74) is 6.28. The Labute approximate surface area is 224 Å². The molecule has 1 saturated heterocycles. The van der Waals surface area contributed by atoms with Gasteiger partial charge >= 0.3 is 6.03 Å². The number of anilines is 1. The van der Waals surface area contributed by atoms with Crippen molar-refractivity contribution < 1.29 is 24.2 Å². The minimum absolute atomic E-state index is 0.0499. The van der Waals surface area contributed by atoms with Gasteiger partial charge in [-0.25, -0.2) is 9.18 Å². The number of hydrogen-bond donors (Lipinski definition) is 4. The lowest BCUT2D eigenvalue weighted by Crippen LogP contribution is -2.67. The van der Waals surface area contributed by atoms with Crippen molar-refractivity contribution in [2.45, 2.75) is 83.3 Å². The number of carbonyl (C=O) groups excluding carboxylic acids is 2. The van der Waals surface area contributed by atoms with Gasteiger partial charge in [-0.05, 0) is 98.9 Å². The summed E-state index contributed by atoms with van der Waals surface area (Å²) in [5, 5.41) is 23.3. The van der Waals surface area contributed by atoms with Gasteiger partial charge in [0, 0.05) is 18.0 Å². The quantitative estimate of drug-likeness (QED) is 0.412.